The number of benzene rings is 1. The lowest BCUT2D eigenvalue weighted by Crippen LogP contribution is -2.49. The summed E-state index contributed by atoms with van der Waals surface area (Å²) in [5.74, 6) is -0.520. The molecular formula is C15H17Cl2NO3. The number of amides is 1. The van der Waals surface area contributed by atoms with Gasteiger partial charge in [-0.25, -0.2) is 4.79 Å². The third-order valence-electron chi connectivity index (χ3n) is 3.69. The van der Waals surface area contributed by atoms with Crippen molar-refractivity contribution in [2.24, 2.45) is 0 Å². The molecule has 0 aromatic heterocycles. The summed E-state index contributed by atoms with van der Waals surface area (Å²) in [6, 6.07) is 4.63. The molecule has 1 atom stereocenters. The molecule has 1 aliphatic heterocycles. The van der Waals surface area contributed by atoms with Crippen molar-refractivity contribution in [3.05, 3.63) is 33.8 Å². The first-order chi connectivity index (χ1) is 10.0. The van der Waals surface area contributed by atoms with Crippen LogP contribution in [0.15, 0.2) is 18.2 Å². The van der Waals surface area contributed by atoms with Gasteiger partial charge in [-0.3, -0.25) is 4.79 Å². The summed E-state index contributed by atoms with van der Waals surface area (Å²) in [6.07, 6.45) is 2.52. The molecule has 4 nitrogen and oxygen atoms in total. The number of carbonyl (C=O) groups excluding carboxylic acids is 2. The summed E-state index contributed by atoms with van der Waals surface area (Å²) < 4.78 is 4.78. The van der Waals surface area contributed by atoms with Crippen molar-refractivity contribution < 1.29 is 14.3 Å². The van der Waals surface area contributed by atoms with Crippen molar-refractivity contribution in [1.29, 1.82) is 0 Å². The Morgan fingerprint density at radius 1 is 1.29 bits per heavy atom. The van der Waals surface area contributed by atoms with Gasteiger partial charge in [0.2, 0.25) is 5.91 Å². The molecule has 21 heavy (non-hydrogen) atoms. The number of rotatable bonds is 3. The van der Waals surface area contributed by atoms with E-state index in [4.69, 9.17) is 27.9 Å². The maximum Gasteiger partial charge on any atom is 0.328 e. The van der Waals surface area contributed by atoms with E-state index in [0.29, 0.717) is 28.6 Å². The maximum absolute atomic E-state index is 12.5. The van der Waals surface area contributed by atoms with Gasteiger partial charge in [0.05, 0.1) is 13.5 Å². The van der Waals surface area contributed by atoms with Crippen molar-refractivity contribution in [1.82, 2.24) is 4.90 Å². The number of nitrogens with zero attached hydrogens (tertiary/aromatic N) is 1. The number of esters is 1. The van der Waals surface area contributed by atoms with E-state index in [1.54, 1.807) is 23.1 Å². The normalized spacial score (nSPS) is 18.4. The molecule has 0 spiro atoms. The van der Waals surface area contributed by atoms with Gasteiger partial charge in [0.15, 0.2) is 0 Å². The van der Waals surface area contributed by atoms with Crippen LogP contribution in [0.3, 0.4) is 0 Å². The smallest absolute Gasteiger partial charge is 0.328 e. The van der Waals surface area contributed by atoms with Crippen LogP contribution >= 0.6 is 23.2 Å². The van der Waals surface area contributed by atoms with E-state index in [9.17, 15) is 9.59 Å². The number of piperidine rings is 1. The molecule has 0 aliphatic carbocycles. The minimum atomic E-state index is -0.502. The number of methoxy groups -OCH3 is 1. The molecule has 1 heterocycles. The van der Waals surface area contributed by atoms with Crippen LogP contribution in [0, 0.1) is 0 Å². The number of halogens is 2. The molecule has 6 heteroatoms. The van der Waals surface area contributed by atoms with Crippen LogP contribution < -0.4 is 0 Å². The molecule has 1 saturated heterocycles. The second-order valence-corrected chi connectivity index (χ2v) is 5.81. The molecule has 1 fully saturated rings. The van der Waals surface area contributed by atoms with Gasteiger partial charge in [-0.15, -0.1) is 0 Å². The lowest BCUT2D eigenvalue weighted by molar-refractivity contribution is -0.154. The first kappa shape index (κ1) is 16.1. The highest BCUT2D eigenvalue weighted by Crippen LogP contribution is 2.26. The summed E-state index contributed by atoms with van der Waals surface area (Å²) in [6.45, 7) is 0.556. The minimum absolute atomic E-state index is 0.0893. The largest absolute Gasteiger partial charge is 0.467 e. The Morgan fingerprint density at radius 3 is 2.57 bits per heavy atom. The number of likely N-dealkylation sites (tertiary alicyclic amines) is 1. The molecule has 2 rings (SSSR count). The van der Waals surface area contributed by atoms with Crippen molar-refractivity contribution >= 4 is 35.1 Å². The Bertz CT molecular complexity index is 527. The Labute approximate surface area is 134 Å². The van der Waals surface area contributed by atoms with Gasteiger partial charge in [-0.05, 0) is 37.0 Å². The van der Waals surface area contributed by atoms with Gasteiger partial charge in [0, 0.05) is 16.6 Å². The zero-order valence-corrected chi connectivity index (χ0v) is 13.3. The minimum Gasteiger partial charge on any atom is -0.467 e. The van der Waals surface area contributed by atoms with E-state index in [0.717, 1.165) is 12.8 Å². The topological polar surface area (TPSA) is 46.6 Å². The third kappa shape index (κ3) is 3.69. The third-order valence-corrected chi connectivity index (χ3v) is 4.39. The lowest BCUT2D eigenvalue weighted by atomic mass is 10.0. The fourth-order valence-electron chi connectivity index (χ4n) is 2.57. The Balaban J connectivity index is 2.16. The van der Waals surface area contributed by atoms with Crippen molar-refractivity contribution in [2.75, 3.05) is 13.7 Å². The van der Waals surface area contributed by atoms with Gasteiger partial charge >= 0.3 is 5.97 Å². The van der Waals surface area contributed by atoms with Gasteiger partial charge in [-0.1, -0.05) is 29.3 Å². The fraction of sp³-hybridized carbons (Fsp3) is 0.467. The van der Waals surface area contributed by atoms with E-state index in [2.05, 4.69) is 0 Å². The van der Waals surface area contributed by atoms with Crippen molar-refractivity contribution in [3.8, 4) is 0 Å². The summed E-state index contributed by atoms with van der Waals surface area (Å²) >= 11 is 12.2. The number of hydrogen-bond donors (Lipinski definition) is 0. The molecule has 0 N–H and O–H groups in total. The first-order valence-corrected chi connectivity index (χ1v) is 7.60. The van der Waals surface area contributed by atoms with Crippen LogP contribution in [0.25, 0.3) is 0 Å². The molecule has 0 saturated carbocycles. The van der Waals surface area contributed by atoms with Crippen LogP contribution in [0.2, 0.25) is 10.0 Å². The van der Waals surface area contributed by atoms with E-state index < -0.39 is 6.04 Å². The zero-order valence-electron chi connectivity index (χ0n) is 11.8. The van der Waals surface area contributed by atoms with E-state index in [-0.39, 0.29) is 18.3 Å². The summed E-state index contributed by atoms with van der Waals surface area (Å²) in [5, 5.41) is 0.921. The molecule has 1 amide bonds. The predicted octanol–water partition coefficient (Wildman–Crippen LogP) is 3.09. The monoisotopic (exact) mass is 329 g/mol. The highest BCUT2D eigenvalue weighted by molar-refractivity contribution is 6.36. The second-order valence-electron chi connectivity index (χ2n) is 5.00. The number of hydrogen-bond acceptors (Lipinski definition) is 3. The van der Waals surface area contributed by atoms with Gasteiger partial charge in [-0.2, -0.15) is 0 Å². The number of carbonyl (C=O) groups is 2. The van der Waals surface area contributed by atoms with Gasteiger partial charge in [0.1, 0.15) is 6.04 Å². The van der Waals surface area contributed by atoms with Crippen LogP contribution in [0.4, 0.5) is 0 Å². The standard InChI is InChI=1S/C15H17Cl2NO3/c1-21-15(20)13-7-2-3-8-18(13)14(19)9-10-11(16)5-4-6-12(10)17/h4-6,13H,2-3,7-9H2,1H3. The first-order valence-electron chi connectivity index (χ1n) is 6.84. The van der Waals surface area contributed by atoms with Crippen molar-refractivity contribution in [3.63, 3.8) is 0 Å². The quantitative estimate of drug-likeness (QED) is 0.800. The summed E-state index contributed by atoms with van der Waals surface area (Å²) in [4.78, 5) is 25.9. The lowest BCUT2D eigenvalue weighted by Gasteiger charge is -2.34. The molecule has 1 aromatic rings. The number of ether oxygens (including phenoxy) is 1. The average Bonchev–Trinajstić information content (AvgIpc) is 2.50. The van der Waals surface area contributed by atoms with Gasteiger partial charge in [0.25, 0.3) is 0 Å². The van der Waals surface area contributed by atoms with Crippen molar-refractivity contribution in [2.45, 2.75) is 31.7 Å². The summed E-state index contributed by atoms with van der Waals surface area (Å²) in [5.41, 5.74) is 0.597. The Morgan fingerprint density at radius 2 is 1.95 bits per heavy atom. The maximum atomic E-state index is 12.5. The highest BCUT2D eigenvalue weighted by atomic mass is 35.5. The average molecular weight is 330 g/mol. The molecule has 0 radical (unpaired) electrons. The molecule has 1 unspecified atom stereocenters. The van der Waals surface area contributed by atoms with Crippen LogP contribution in [-0.4, -0.2) is 36.5 Å². The van der Waals surface area contributed by atoms with Gasteiger partial charge < -0.3 is 9.64 Å². The summed E-state index contributed by atoms with van der Waals surface area (Å²) in [7, 11) is 1.34. The second kappa shape index (κ2) is 7.14. The molecule has 1 aromatic carbocycles. The Kier molecular flexibility index (Phi) is 5.48. The fourth-order valence-corrected chi connectivity index (χ4v) is 3.10. The SMILES string of the molecule is COC(=O)C1CCCCN1C(=O)Cc1c(Cl)cccc1Cl. The van der Waals surface area contributed by atoms with Crippen LogP contribution in [-0.2, 0) is 20.7 Å². The van der Waals surface area contributed by atoms with Crippen LogP contribution in [0.5, 0.6) is 0 Å². The van der Waals surface area contributed by atoms with E-state index in [1.165, 1.54) is 7.11 Å². The molecule has 114 valence electrons. The predicted molar refractivity (Wildman–Crippen MR) is 81.5 cm³/mol. The zero-order chi connectivity index (χ0) is 15.4. The van der Waals surface area contributed by atoms with Crippen LogP contribution in [0.1, 0.15) is 24.8 Å². The van der Waals surface area contributed by atoms with E-state index in [1.807, 2.05) is 0 Å². The Hall–Kier alpha value is -1.26. The molecule has 1 aliphatic rings. The molecular weight excluding hydrogens is 313 g/mol. The highest BCUT2D eigenvalue weighted by Gasteiger charge is 2.33. The van der Waals surface area contributed by atoms with E-state index >= 15 is 0 Å². The molecule has 0 bridgehead atoms.